The summed E-state index contributed by atoms with van der Waals surface area (Å²) in [5.41, 5.74) is 0.494. The fourth-order valence-electron chi connectivity index (χ4n) is 1.77. The van der Waals surface area contributed by atoms with Crippen LogP contribution in [-0.2, 0) is 6.61 Å². The maximum absolute atomic E-state index is 11.0. The Morgan fingerprint density at radius 1 is 1.33 bits per heavy atom. The van der Waals surface area contributed by atoms with E-state index >= 15 is 0 Å². The van der Waals surface area contributed by atoms with E-state index in [1.807, 2.05) is 19.1 Å². The van der Waals surface area contributed by atoms with E-state index in [9.17, 15) is 10.1 Å². The topological polar surface area (TPSA) is 77.3 Å². The number of nitro groups is 1. The highest BCUT2D eigenvalue weighted by molar-refractivity contribution is 6.32. The lowest BCUT2D eigenvalue weighted by Gasteiger charge is -2.09. The number of nitro benzene ring substituents is 1. The highest BCUT2D eigenvalue weighted by Gasteiger charge is 2.18. The van der Waals surface area contributed by atoms with Crippen molar-refractivity contribution in [1.29, 1.82) is 0 Å². The van der Waals surface area contributed by atoms with Crippen molar-refractivity contribution in [2.24, 2.45) is 0 Å². The Bertz CT molecular complexity index is 649. The van der Waals surface area contributed by atoms with Crippen LogP contribution in [0, 0.1) is 10.1 Å². The number of para-hydroxylation sites is 1. The van der Waals surface area contributed by atoms with Gasteiger partial charge in [-0.2, -0.15) is 0 Å². The minimum Gasteiger partial charge on any atom is -0.479 e. The van der Waals surface area contributed by atoms with Gasteiger partial charge in [-0.25, -0.2) is 4.98 Å². The van der Waals surface area contributed by atoms with Crippen LogP contribution in [-0.4, -0.2) is 16.5 Å². The monoisotopic (exact) mass is 307 g/mol. The zero-order chi connectivity index (χ0) is 15.2. The average Bonchev–Trinajstić information content (AvgIpc) is 2.46. The van der Waals surface area contributed by atoms with E-state index in [0.717, 1.165) is 12.4 Å². The molecular formula is C14H14ClN3O3. The van der Waals surface area contributed by atoms with Crippen molar-refractivity contribution >= 4 is 23.1 Å². The molecule has 1 heterocycles. The fourth-order valence-corrected chi connectivity index (χ4v) is 1.99. The molecule has 0 aliphatic rings. The molecule has 6 nitrogen and oxygen atoms in total. The number of ether oxygens (including phenoxy) is 1. The van der Waals surface area contributed by atoms with Crippen molar-refractivity contribution in [1.82, 2.24) is 4.98 Å². The fraction of sp³-hybridized carbons (Fsp3) is 0.214. The summed E-state index contributed by atoms with van der Waals surface area (Å²) in [6.07, 6.45) is 0. The third kappa shape index (κ3) is 3.82. The first-order chi connectivity index (χ1) is 10.1. The van der Waals surface area contributed by atoms with Crippen molar-refractivity contribution in [2.45, 2.75) is 13.5 Å². The maximum atomic E-state index is 11.0. The number of benzene rings is 1. The second-order valence-corrected chi connectivity index (χ2v) is 4.59. The van der Waals surface area contributed by atoms with Crippen LogP contribution >= 0.6 is 11.6 Å². The molecule has 0 spiro atoms. The molecule has 2 aromatic rings. The molecule has 2 rings (SSSR count). The number of aromatic nitrogens is 1. The standard InChI is InChI=1S/C14H14ClN3O3/c1-2-16-13-8-3-5-10(17-13)9-21-14-11(15)6-4-7-12(14)18(19)20/h3-8H,2,9H2,1H3,(H,16,17). The van der Waals surface area contributed by atoms with Crippen LogP contribution in [0.4, 0.5) is 11.5 Å². The number of nitrogens with one attached hydrogen (secondary N) is 1. The van der Waals surface area contributed by atoms with Gasteiger partial charge in [0.1, 0.15) is 12.4 Å². The average molecular weight is 308 g/mol. The van der Waals surface area contributed by atoms with Crippen LogP contribution < -0.4 is 10.1 Å². The molecule has 0 saturated carbocycles. The smallest absolute Gasteiger partial charge is 0.312 e. The summed E-state index contributed by atoms with van der Waals surface area (Å²) in [4.78, 5) is 14.8. The molecule has 1 N–H and O–H groups in total. The van der Waals surface area contributed by atoms with Crippen LogP contribution in [0.2, 0.25) is 5.02 Å². The van der Waals surface area contributed by atoms with Crippen molar-refractivity contribution < 1.29 is 9.66 Å². The number of hydrogen-bond donors (Lipinski definition) is 1. The molecule has 0 aliphatic carbocycles. The zero-order valence-corrected chi connectivity index (χ0v) is 12.1. The van der Waals surface area contributed by atoms with Gasteiger partial charge in [0.25, 0.3) is 0 Å². The van der Waals surface area contributed by atoms with Crippen molar-refractivity contribution in [3.8, 4) is 5.75 Å². The Morgan fingerprint density at radius 2 is 2.10 bits per heavy atom. The summed E-state index contributed by atoms with van der Waals surface area (Å²) < 4.78 is 5.48. The van der Waals surface area contributed by atoms with E-state index in [0.29, 0.717) is 5.69 Å². The van der Waals surface area contributed by atoms with Crippen LogP contribution in [0.3, 0.4) is 0 Å². The first kappa shape index (κ1) is 15.1. The van der Waals surface area contributed by atoms with Crippen molar-refractivity contribution in [3.63, 3.8) is 0 Å². The first-order valence-electron chi connectivity index (χ1n) is 6.37. The molecule has 21 heavy (non-hydrogen) atoms. The summed E-state index contributed by atoms with van der Waals surface area (Å²) >= 11 is 5.96. The number of anilines is 1. The SMILES string of the molecule is CCNc1cccc(COc2c(Cl)cccc2[N+](=O)[O-])n1. The van der Waals surface area contributed by atoms with Gasteiger partial charge in [0.2, 0.25) is 5.75 Å². The number of pyridine rings is 1. The molecule has 0 unspecified atom stereocenters. The minimum absolute atomic E-state index is 0.0554. The predicted octanol–water partition coefficient (Wildman–Crippen LogP) is 3.65. The molecule has 0 atom stereocenters. The van der Waals surface area contributed by atoms with E-state index < -0.39 is 4.92 Å². The molecule has 0 bridgehead atoms. The Balaban J connectivity index is 2.16. The Kier molecular flexibility index (Phi) is 4.94. The highest BCUT2D eigenvalue weighted by Crippen LogP contribution is 2.34. The van der Waals surface area contributed by atoms with Gasteiger partial charge < -0.3 is 10.1 Å². The van der Waals surface area contributed by atoms with Gasteiger partial charge in [0.15, 0.2) is 0 Å². The van der Waals surface area contributed by atoms with Crippen LogP contribution in [0.15, 0.2) is 36.4 Å². The van der Waals surface area contributed by atoms with E-state index in [2.05, 4.69) is 10.3 Å². The highest BCUT2D eigenvalue weighted by atomic mass is 35.5. The van der Waals surface area contributed by atoms with Crippen molar-refractivity contribution in [2.75, 3.05) is 11.9 Å². The normalized spacial score (nSPS) is 10.2. The van der Waals surface area contributed by atoms with Gasteiger partial charge in [-0.1, -0.05) is 23.7 Å². The lowest BCUT2D eigenvalue weighted by molar-refractivity contribution is -0.385. The first-order valence-corrected chi connectivity index (χ1v) is 6.75. The number of rotatable bonds is 6. The molecular weight excluding hydrogens is 294 g/mol. The molecule has 1 aromatic heterocycles. The van der Waals surface area contributed by atoms with Gasteiger partial charge in [-0.3, -0.25) is 10.1 Å². The summed E-state index contributed by atoms with van der Waals surface area (Å²) in [6, 6.07) is 9.87. The maximum Gasteiger partial charge on any atom is 0.312 e. The summed E-state index contributed by atoms with van der Waals surface area (Å²) in [7, 11) is 0. The largest absolute Gasteiger partial charge is 0.479 e. The molecule has 0 radical (unpaired) electrons. The molecule has 0 aliphatic heterocycles. The molecule has 7 heteroatoms. The van der Waals surface area contributed by atoms with E-state index in [1.54, 1.807) is 12.1 Å². The Hall–Kier alpha value is -2.34. The van der Waals surface area contributed by atoms with Gasteiger partial charge >= 0.3 is 5.69 Å². The van der Waals surface area contributed by atoms with E-state index in [4.69, 9.17) is 16.3 Å². The summed E-state index contributed by atoms with van der Waals surface area (Å²) in [5.74, 6) is 0.784. The van der Waals surface area contributed by atoms with Gasteiger partial charge in [-0.15, -0.1) is 0 Å². The molecule has 0 saturated heterocycles. The third-order valence-corrected chi connectivity index (χ3v) is 2.97. The third-order valence-electron chi connectivity index (χ3n) is 2.67. The molecule has 1 aromatic carbocycles. The van der Waals surface area contributed by atoms with Gasteiger partial charge in [-0.05, 0) is 25.1 Å². The van der Waals surface area contributed by atoms with Crippen LogP contribution in [0.25, 0.3) is 0 Å². The second kappa shape index (κ2) is 6.90. The summed E-state index contributed by atoms with van der Waals surface area (Å²) in [5, 5.41) is 14.3. The molecule has 0 fully saturated rings. The quantitative estimate of drug-likeness (QED) is 0.651. The van der Waals surface area contributed by atoms with Crippen molar-refractivity contribution in [3.05, 3.63) is 57.2 Å². The minimum atomic E-state index is -0.524. The summed E-state index contributed by atoms with van der Waals surface area (Å²) in [6.45, 7) is 2.83. The molecule has 0 amide bonds. The van der Waals surface area contributed by atoms with E-state index in [1.165, 1.54) is 12.1 Å². The Morgan fingerprint density at radius 3 is 2.81 bits per heavy atom. The number of halogens is 1. The van der Waals surface area contributed by atoms with Crippen LogP contribution in [0.5, 0.6) is 5.75 Å². The second-order valence-electron chi connectivity index (χ2n) is 4.18. The van der Waals surface area contributed by atoms with Crippen LogP contribution in [0.1, 0.15) is 12.6 Å². The number of nitrogens with zero attached hydrogens (tertiary/aromatic N) is 2. The molecule has 110 valence electrons. The Labute approximate surface area is 126 Å². The predicted molar refractivity (Wildman–Crippen MR) is 80.8 cm³/mol. The lowest BCUT2D eigenvalue weighted by Crippen LogP contribution is -2.04. The van der Waals surface area contributed by atoms with Gasteiger partial charge in [0.05, 0.1) is 15.6 Å². The van der Waals surface area contributed by atoms with E-state index in [-0.39, 0.29) is 23.1 Å². The zero-order valence-electron chi connectivity index (χ0n) is 11.4. The van der Waals surface area contributed by atoms with Gasteiger partial charge in [0, 0.05) is 12.6 Å². The number of hydrogen-bond acceptors (Lipinski definition) is 5. The lowest BCUT2D eigenvalue weighted by atomic mass is 10.3.